The van der Waals surface area contributed by atoms with Crippen molar-refractivity contribution in [1.29, 1.82) is 0 Å². The first-order chi connectivity index (χ1) is 7.79. The predicted molar refractivity (Wildman–Crippen MR) is 69.8 cm³/mol. The molecule has 0 spiro atoms. The van der Waals surface area contributed by atoms with E-state index < -0.39 is 0 Å². The van der Waals surface area contributed by atoms with Gasteiger partial charge < -0.3 is 4.90 Å². The smallest absolute Gasteiger partial charge is 0.00958 e. The molecule has 1 atom stereocenters. The Labute approximate surface area is 99.5 Å². The average molecular weight is 217 g/mol. The molecule has 0 aliphatic carbocycles. The Balaban J connectivity index is 1.84. The van der Waals surface area contributed by atoms with E-state index in [9.17, 15) is 0 Å². The molecule has 1 aliphatic rings. The lowest BCUT2D eigenvalue weighted by Gasteiger charge is -2.19. The lowest BCUT2D eigenvalue weighted by molar-refractivity contribution is 0.296. The van der Waals surface area contributed by atoms with Gasteiger partial charge in [0.2, 0.25) is 0 Å². The SMILES string of the molecule is CCc1ccc(CC[C@H]2CCCN2C)cc1. The third kappa shape index (κ3) is 2.85. The second-order valence-electron chi connectivity index (χ2n) is 4.99. The average Bonchev–Trinajstić information content (AvgIpc) is 2.73. The molecule has 0 aromatic heterocycles. The second-order valence-corrected chi connectivity index (χ2v) is 4.99. The molecule has 0 bridgehead atoms. The fourth-order valence-corrected chi connectivity index (χ4v) is 2.62. The van der Waals surface area contributed by atoms with E-state index in [0.717, 1.165) is 12.5 Å². The molecule has 1 aromatic carbocycles. The van der Waals surface area contributed by atoms with Gasteiger partial charge in [-0.3, -0.25) is 0 Å². The molecule has 0 saturated carbocycles. The second kappa shape index (κ2) is 5.49. The third-order valence-corrected chi connectivity index (χ3v) is 3.87. The van der Waals surface area contributed by atoms with Crippen LogP contribution in [-0.2, 0) is 12.8 Å². The van der Waals surface area contributed by atoms with Gasteiger partial charge >= 0.3 is 0 Å². The molecule has 1 aliphatic heterocycles. The standard InChI is InChI=1S/C15H23N/c1-3-13-6-8-14(9-7-13)10-11-15-5-4-12-16(15)2/h6-9,15H,3-5,10-12H2,1-2H3/t15-/m1/s1. The summed E-state index contributed by atoms with van der Waals surface area (Å²) in [6, 6.07) is 9.97. The number of aryl methyl sites for hydroxylation is 2. The molecule has 2 rings (SSSR count). The summed E-state index contributed by atoms with van der Waals surface area (Å²) in [4.78, 5) is 2.51. The molecule has 1 nitrogen and oxygen atoms in total. The van der Waals surface area contributed by atoms with Crippen LogP contribution in [-0.4, -0.2) is 24.5 Å². The van der Waals surface area contributed by atoms with Gasteiger partial charge in [0.15, 0.2) is 0 Å². The van der Waals surface area contributed by atoms with Crippen molar-refractivity contribution < 1.29 is 0 Å². The van der Waals surface area contributed by atoms with Crippen LogP contribution < -0.4 is 0 Å². The van der Waals surface area contributed by atoms with Crippen LogP contribution in [0.25, 0.3) is 0 Å². The van der Waals surface area contributed by atoms with Crippen molar-refractivity contribution in [2.45, 2.75) is 45.1 Å². The highest BCUT2D eigenvalue weighted by molar-refractivity contribution is 5.22. The first-order valence-electron chi connectivity index (χ1n) is 6.57. The number of likely N-dealkylation sites (tertiary alicyclic amines) is 1. The number of hydrogen-bond donors (Lipinski definition) is 0. The maximum Gasteiger partial charge on any atom is 0.00958 e. The molecule has 0 unspecified atom stereocenters. The first kappa shape index (κ1) is 11.7. The van der Waals surface area contributed by atoms with Crippen molar-refractivity contribution in [1.82, 2.24) is 4.90 Å². The molecule has 0 radical (unpaired) electrons. The Morgan fingerprint density at radius 1 is 1.19 bits per heavy atom. The van der Waals surface area contributed by atoms with Crippen LogP contribution in [0.15, 0.2) is 24.3 Å². The normalized spacial score (nSPS) is 21.5. The van der Waals surface area contributed by atoms with Gasteiger partial charge in [-0.25, -0.2) is 0 Å². The third-order valence-electron chi connectivity index (χ3n) is 3.87. The molecule has 1 saturated heterocycles. The van der Waals surface area contributed by atoms with Crippen molar-refractivity contribution in [3.63, 3.8) is 0 Å². The van der Waals surface area contributed by atoms with Crippen LogP contribution in [0, 0.1) is 0 Å². The molecule has 0 amide bonds. The molecule has 1 heterocycles. The molecular formula is C15H23N. The number of nitrogens with zero attached hydrogens (tertiary/aromatic N) is 1. The topological polar surface area (TPSA) is 3.24 Å². The summed E-state index contributed by atoms with van der Waals surface area (Å²) in [6.45, 7) is 3.50. The van der Waals surface area contributed by atoms with Gasteiger partial charge in [-0.2, -0.15) is 0 Å². The summed E-state index contributed by atoms with van der Waals surface area (Å²) in [7, 11) is 2.26. The Morgan fingerprint density at radius 3 is 2.44 bits per heavy atom. The van der Waals surface area contributed by atoms with E-state index in [-0.39, 0.29) is 0 Å². The van der Waals surface area contributed by atoms with Gasteiger partial charge in [0.05, 0.1) is 0 Å². The Bertz CT molecular complexity index is 315. The maximum absolute atomic E-state index is 2.51. The molecular weight excluding hydrogens is 194 g/mol. The minimum absolute atomic E-state index is 0.825. The van der Waals surface area contributed by atoms with E-state index in [2.05, 4.69) is 43.1 Å². The Hall–Kier alpha value is -0.820. The van der Waals surface area contributed by atoms with Gasteiger partial charge in [-0.15, -0.1) is 0 Å². The highest BCUT2D eigenvalue weighted by Gasteiger charge is 2.19. The lowest BCUT2D eigenvalue weighted by Crippen LogP contribution is -2.25. The first-order valence-corrected chi connectivity index (χ1v) is 6.57. The number of hydrogen-bond acceptors (Lipinski definition) is 1. The fraction of sp³-hybridized carbons (Fsp3) is 0.600. The Kier molecular flexibility index (Phi) is 4.00. The van der Waals surface area contributed by atoms with Gasteiger partial charge in [-0.05, 0) is 56.8 Å². The minimum Gasteiger partial charge on any atom is -0.303 e. The molecule has 1 fully saturated rings. The van der Waals surface area contributed by atoms with E-state index in [4.69, 9.17) is 0 Å². The van der Waals surface area contributed by atoms with Gasteiger partial charge in [0.1, 0.15) is 0 Å². The van der Waals surface area contributed by atoms with E-state index in [0.29, 0.717) is 0 Å². The lowest BCUT2D eigenvalue weighted by atomic mass is 10.0. The number of rotatable bonds is 4. The van der Waals surface area contributed by atoms with E-state index >= 15 is 0 Å². The zero-order chi connectivity index (χ0) is 11.4. The summed E-state index contributed by atoms with van der Waals surface area (Å²) in [5, 5.41) is 0. The van der Waals surface area contributed by atoms with Crippen molar-refractivity contribution in [2.24, 2.45) is 0 Å². The zero-order valence-electron chi connectivity index (χ0n) is 10.6. The molecule has 1 aromatic rings. The van der Waals surface area contributed by atoms with E-state index in [1.165, 1.54) is 43.4 Å². The van der Waals surface area contributed by atoms with Crippen LogP contribution in [0.3, 0.4) is 0 Å². The molecule has 0 N–H and O–H groups in total. The van der Waals surface area contributed by atoms with Crippen molar-refractivity contribution in [3.8, 4) is 0 Å². The minimum atomic E-state index is 0.825. The van der Waals surface area contributed by atoms with Gasteiger partial charge in [0, 0.05) is 6.04 Å². The fourth-order valence-electron chi connectivity index (χ4n) is 2.62. The molecule has 1 heteroatoms. The molecule has 16 heavy (non-hydrogen) atoms. The summed E-state index contributed by atoms with van der Waals surface area (Å²) < 4.78 is 0. The summed E-state index contributed by atoms with van der Waals surface area (Å²) in [6.07, 6.45) is 6.48. The van der Waals surface area contributed by atoms with Crippen molar-refractivity contribution in [2.75, 3.05) is 13.6 Å². The van der Waals surface area contributed by atoms with Crippen LogP contribution >= 0.6 is 0 Å². The van der Waals surface area contributed by atoms with Crippen molar-refractivity contribution >= 4 is 0 Å². The maximum atomic E-state index is 2.51. The Morgan fingerprint density at radius 2 is 1.88 bits per heavy atom. The highest BCUT2D eigenvalue weighted by atomic mass is 15.1. The van der Waals surface area contributed by atoms with Gasteiger partial charge in [0.25, 0.3) is 0 Å². The van der Waals surface area contributed by atoms with Crippen molar-refractivity contribution in [3.05, 3.63) is 35.4 Å². The zero-order valence-corrected chi connectivity index (χ0v) is 10.6. The van der Waals surface area contributed by atoms with E-state index in [1.807, 2.05) is 0 Å². The van der Waals surface area contributed by atoms with E-state index in [1.54, 1.807) is 0 Å². The van der Waals surface area contributed by atoms with Crippen LogP contribution in [0.2, 0.25) is 0 Å². The van der Waals surface area contributed by atoms with Crippen LogP contribution in [0.1, 0.15) is 37.3 Å². The monoisotopic (exact) mass is 217 g/mol. The number of benzene rings is 1. The quantitative estimate of drug-likeness (QED) is 0.748. The highest BCUT2D eigenvalue weighted by Crippen LogP contribution is 2.20. The predicted octanol–water partition coefficient (Wildman–Crippen LogP) is 3.28. The van der Waals surface area contributed by atoms with Gasteiger partial charge in [-0.1, -0.05) is 31.2 Å². The van der Waals surface area contributed by atoms with Crippen LogP contribution in [0.5, 0.6) is 0 Å². The summed E-state index contributed by atoms with van der Waals surface area (Å²) in [5.74, 6) is 0. The summed E-state index contributed by atoms with van der Waals surface area (Å²) in [5.41, 5.74) is 2.94. The largest absolute Gasteiger partial charge is 0.303 e. The summed E-state index contributed by atoms with van der Waals surface area (Å²) >= 11 is 0. The molecule has 88 valence electrons. The van der Waals surface area contributed by atoms with Crippen LogP contribution in [0.4, 0.5) is 0 Å².